The van der Waals surface area contributed by atoms with E-state index in [1.807, 2.05) is 0 Å². The van der Waals surface area contributed by atoms with Gasteiger partial charge in [-0.2, -0.15) is 0 Å². The third-order valence-corrected chi connectivity index (χ3v) is 4.49. The van der Waals surface area contributed by atoms with Crippen LogP contribution in [0, 0.1) is 5.92 Å². The highest BCUT2D eigenvalue weighted by molar-refractivity contribution is 9.10. The topological polar surface area (TPSA) is 21.3 Å². The van der Waals surface area contributed by atoms with Crippen LogP contribution in [-0.4, -0.2) is 19.2 Å². The summed E-state index contributed by atoms with van der Waals surface area (Å²) in [7, 11) is 0. The molecular formula is C17H26BrNO. The average molecular weight is 340 g/mol. The van der Waals surface area contributed by atoms with Crippen molar-refractivity contribution in [3.8, 4) is 0 Å². The Kier molecular flexibility index (Phi) is 6.53. The molecule has 1 aromatic carbocycles. The molecule has 1 unspecified atom stereocenters. The van der Waals surface area contributed by atoms with Gasteiger partial charge in [-0.3, -0.25) is 0 Å². The Balaban J connectivity index is 1.93. The van der Waals surface area contributed by atoms with Crippen LogP contribution in [0.4, 0.5) is 0 Å². The van der Waals surface area contributed by atoms with Crippen LogP contribution < -0.4 is 5.32 Å². The summed E-state index contributed by atoms with van der Waals surface area (Å²) in [6, 6.07) is 8.99. The zero-order valence-corrected chi connectivity index (χ0v) is 14.2. The van der Waals surface area contributed by atoms with E-state index in [0.29, 0.717) is 6.04 Å². The molecule has 2 nitrogen and oxygen atoms in total. The van der Waals surface area contributed by atoms with E-state index in [1.54, 1.807) is 0 Å². The van der Waals surface area contributed by atoms with Crippen LogP contribution in [-0.2, 0) is 4.74 Å². The van der Waals surface area contributed by atoms with Crippen molar-refractivity contribution in [3.63, 3.8) is 0 Å². The van der Waals surface area contributed by atoms with Crippen LogP contribution >= 0.6 is 15.9 Å². The van der Waals surface area contributed by atoms with Gasteiger partial charge in [-0.1, -0.05) is 54.8 Å². The van der Waals surface area contributed by atoms with Crippen molar-refractivity contribution in [2.45, 2.75) is 51.7 Å². The summed E-state index contributed by atoms with van der Waals surface area (Å²) in [6.07, 6.45) is 5.59. The number of rotatable bonds is 7. The number of nitrogens with one attached hydrogen (secondary N) is 1. The maximum atomic E-state index is 6.22. The molecular weight excluding hydrogens is 314 g/mol. The number of halogens is 1. The molecule has 0 spiro atoms. The third kappa shape index (κ3) is 5.19. The van der Waals surface area contributed by atoms with Crippen molar-refractivity contribution >= 4 is 15.9 Å². The minimum atomic E-state index is 0.158. The van der Waals surface area contributed by atoms with Gasteiger partial charge in [0, 0.05) is 17.1 Å². The lowest BCUT2D eigenvalue weighted by molar-refractivity contribution is 0.0284. The summed E-state index contributed by atoms with van der Waals surface area (Å²) < 4.78 is 7.34. The van der Waals surface area contributed by atoms with E-state index >= 15 is 0 Å². The molecule has 0 aliphatic heterocycles. The first-order chi connectivity index (χ1) is 9.65. The van der Waals surface area contributed by atoms with Gasteiger partial charge in [-0.25, -0.2) is 0 Å². The third-order valence-electron chi connectivity index (χ3n) is 3.96. The maximum absolute atomic E-state index is 6.22. The molecule has 0 bridgehead atoms. The van der Waals surface area contributed by atoms with Crippen LogP contribution in [0.1, 0.15) is 51.2 Å². The fourth-order valence-electron chi connectivity index (χ4n) is 2.72. The first-order valence-corrected chi connectivity index (χ1v) is 8.55. The highest BCUT2D eigenvalue weighted by Crippen LogP contribution is 2.27. The number of benzene rings is 1. The smallest absolute Gasteiger partial charge is 0.0949 e. The number of hydrogen-bond donors (Lipinski definition) is 1. The van der Waals surface area contributed by atoms with Crippen molar-refractivity contribution in [3.05, 3.63) is 34.3 Å². The Hall–Kier alpha value is -0.380. The molecule has 20 heavy (non-hydrogen) atoms. The summed E-state index contributed by atoms with van der Waals surface area (Å²) in [5.74, 6) is 0.770. The Labute approximate surface area is 131 Å². The molecule has 0 saturated heterocycles. The highest BCUT2D eigenvalue weighted by Gasteiger charge is 2.19. The zero-order chi connectivity index (χ0) is 14.4. The van der Waals surface area contributed by atoms with Gasteiger partial charge in [0.05, 0.1) is 12.7 Å². The second-order valence-electron chi connectivity index (χ2n) is 6.09. The summed E-state index contributed by atoms with van der Waals surface area (Å²) >= 11 is 3.49. The van der Waals surface area contributed by atoms with E-state index in [9.17, 15) is 0 Å². The van der Waals surface area contributed by atoms with E-state index in [0.717, 1.165) is 23.5 Å². The highest BCUT2D eigenvalue weighted by atomic mass is 79.9. The van der Waals surface area contributed by atoms with Gasteiger partial charge in [-0.05, 0) is 36.5 Å². The van der Waals surface area contributed by atoms with Gasteiger partial charge in [0.1, 0.15) is 0 Å². The van der Waals surface area contributed by atoms with Crippen LogP contribution in [0.25, 0.3) is 0 Å². The van der Waals surface area contributed by atoms with Crippen molar-refractivity contribution < 1.29 is 4.74 Å². The van der Waals surface area contributed by atoms with E-state index in [4.69, 9.17) is 4.74 Å². The van der Waals surface area contributed by atoms with Crippen molar-refractivity contribution in [2.75, 3.05) is 13.2 Å². The molecule has 1 saturated carbocycles. The molecule has 0 heterocycles. The van der Waals surface area contributed by atoms with Crippen molar-refractivity contribution in [2.24, 2.45) is 5.92 Å². The molecule has 1 atom stereocenters. The van der Waals surface area contributed by atoms with Crippen LogP contribution in [0.2, 0.25) is 0 Å². The lowest BCUT2D eigenvalue weighted by atomic mass is 10.1. The fraction of sp³-hybridized carbons (Fsp3) is 0.647. The Morgan fingerprint density at radius 3 is 2.45 bits per heavy atom. The normalized spacial score (nSPS) is 17.8. The lowest BCUT2D eigenvalue weighted by Gasteiger charge is -2.22. The van der Waals surface area contributed by atoms with Gasteiger partial charge < -0.3 is 10.1 Å². The predicted octanol–water partition coefficient (Wildman–Crippen LogP) is 4.70. The van der Waals surface area contributed by atoms with Gasteiger partial charge in [-0.15, -0.1) is 0 Å². The minimum absolute atomic E-state index is 0.158. The van der Waals surface area contributed by atoms with Gasteiger partial charge in [0.15, 0.2) is 0 Å². The molecule has 112 valence electrons. The van der Waals surface area contributed by atoms with Crippen LogP contribution in [0.3, 0.4) is 0 Å². The van der Waals surface area contributed by atoms with Crippen molar-refractivity contribution in [1.82, 2.24) is 5.32 Å². The lowest BCUT2D eigenvalue weighted by Crippen LogP contribution is -2.29. The second-order valence-corrected chi connectivity index (χ2v) is 7.00. The molecule has 1 N–H and O–H groups in total. The molecule has 3 heteroatoms. The van der Waals surface area contributed by atoms with Crippen LogP contribution in [0.15, 0.2) is 28.7 Å². The van der Waals surface area contributed by atoms with E-state index < -0.39 is 0 Å². The van der Waals surface area contributed by atoms with Gasteiger partial charge >= 0.3 is 0 Å². The first kappa shape index (κ1) is 16.0. The molecule has 0 aromatic heterocycles. The fourth-order valence-corrected chi connectivity index (χ4v) is 2.99. The Morgan fingerprint density at radius 2 is 1.85 bits per heavy atom. The monoisotopic (exact) mass is 339 g/mol. The Bertz CT molecular complexity index is 384. The van der Waals surface area contributed by atoms with Gasteiger partial charge in [0.25, 0.3) is 0 Å². The molecule has 1 aliphatic rings. The molecule has 0 amide bonds. The molecule has 1 aromatic rings. The van der Waals surface area contributed by atoms with Gasteiger partial charge in [0.2, 0.25) is 0 Å². The predicted molar refractivity (Wildman–Crippen MR) is 87.9 cm³/mol. The molecule has 2 rings (SSSR count). The van der Waals surface area contributed by atoms with E-state index in [2.05, 4.69) is 59.4 Å². The summed E-state index contributed by atoms with van der Waals surface area (Å²) in [5, 5.41) is 3.50. The van der Waals surface area contributed by atoms with Crippen molar-refractivity contribution in [1.29, 1.82) is 0 Å². The standard InChI is InChI=1S/C17H26BrNO/c1-13(2)19-11-17(15-7-9-16(18)10-8-15)20-12-14-5-3-4-6-14/h7-10,13-14,17,19H,3-6,11-12H2,1-2H3. The first-order valence-electron chi connectivity index (χ1n) is 7.75. The van der Waals surface area contributed by atoms with E-state index in [-0.39, 0.29) is 6.10 Å². The maximum Gasteiger partial charge on any atom is 0.0949 e. The quantitative estimate of drug-likeness (QED) is 0.777. The molecule has 1 aliphatic carbocycles. The summed E-state index contributed by atoms with van der Waals surface area (Å²) in [6.45, 7) is 6.14. The largest absolute Gasteiger partial charge is 0.372 e. The number of ether oxygens (including phenoxy) is 1. The number of hydrogen-bond acceptors (Lipinski definition) is 2. The average Bonchev–Trinajstić information content (AvgIpc) is 2.93. The molecule has 0 radical (unpaired) electrons. The Morgan fingerprint density at radius 1 is 1.20 bits per heavy atom. The second kappa shape index (κ2) is 8.16. The minimum Gasteiger partial charge on any atom is -0.372 e. The van der Waals surface area contributed by atoms with Crippen LogP contribution in [0.5, 0.6) is 0 Å². The zero-order valence-electron chi connectivity index (χ0n) is 12.6. The summed E-state index contributed by atoms with van der Waals surface area (Å²) in [4.78, 5) is 0. The molecule has 1 fully saturated rings. The summed E-state index contributed by atoms with van der Waals surface area (Å²) in [5.41, 5.74) is 1.26. The van der Waals surface area contributed by atoms with E-state index in [1.165, 1.54) is 31.2 Å². The SMILES string of the molecule is CC(C)NCC(OCC1CCCC1)c1ccc(Br)cc1.